The van der Waals surface area contributed by atoms with E-state index >= 15 is 0 Å². The predicted molar refractivity (Wildman–Crippen MR) is 46.1 cm³/mol. The lowest BCUT2D eigenvalue weighted by atomic mass is 10.8. The van der Waals surface area contributed by atoms with Crippen LogP contribution in [0.15, 0.2) is 0 Å². The molecule has 0 radical (unpaired) electrons. The molecule has 3 nitrogen and oxygen atoms in total. The number of aryl methyl sites for hydroxylation is 1. The molecule has 0 atom stereocenters. The van der Waals surface area contributed by atoms with Gasteiger partial charge in [-0.25, -0.2) is 4.68 Å². The van der Waals surface area contributed by atoms with Crippen LogP contribution in [0, 0.1) is 3.95 Å². The molecule has 56 valence electrons. The van der Waals surface area contributed by atoms with Crippen molar-refractivity contribution in [1.82, 2.24) is 9.78 Å². The number of nitrogens with one attached hydrogen (secondary N) is 1. The molecular weight excluding hydrogens is 166 g/mol. The van der Waals surface area contributed by atoms with Crippen molar-refractivity contribution in [3.63, 3.8) is 0 Å². The Balaban J connectivity index is 2.88. The van der Waals surface area contributed by atoms with Crippen LogP contribution < -0.4 is 5.32 Å². The zero-order chi connectivity index (χ0) is 7.56. The van der Waals surface area contributed by atoms with E-state index < -0.39 is 0 Å². The van der Waals surface area contributed by atoms with Crippen LogP contribution in [0.2, 0.25) is 0 Å². The Morgan fingerprint density at radius 2 is 2.50 bits per heavy atom. The summed E-state index contributed by atoms with van der Waals surface area (Å²) in [6.45, 7) is 2.92. The Morgan fingerprint density at radius 1 is 1.80 bits per heavy atom. The molecule has 0 aliphatic heterocycles. The standard InChI is InChI=1S/C5H9N3S2/c1-3-6-4-7-8(2)5(9)10-4/h3H2,1-2H3,(H,6,7). The van der Waals surface area contributed by atoms with Crippen LogP contribution >= 0.6 is 23.6 Å². The van der Waals surface area contributed by atoms with Crippen molar-refractivity contribution < 1.29 is 0 Å². The monoisotopic (exact) mass is 175 g/mol. The molecule has 0 saturated heterocycles. The van der Waals surface area contributed by atoms with E-state index in [4.69, 9.17) is 12.2 Å². The quantitative estimate of drug-likeness (QED) is 0.693. The summed E-state index contributed by atoms with van der Waals surface area (Å²) in [5, 5.41) is 8.11. The molecule has 5 heteroatoms. The molecule has 0 saturated carbocycles. The average Bonchev–Trinajstić information content (AvgIpc) is 2.14. The zero-order valence-corrected chi connectivity index (χ0v) is 7.55. The molecule has 1 heterocycles. The van der Waals surface area contributed by atoms with Gasteiger partial charge < -0.3 is 5.32 Å². The zero-order valence-electron chi connectivity index (χ0n) is 5.92. The molecule has 1 aromatic rings. The number of hydrogen-bond acceptors (Lipinski definition) is 4. The van der Waals surface area contributed by atoms with E-state index in [9.17, 15) is 0 Å². The smallest absolute Gasteiger partial charge is 0.204 e. The Morgan fingerprint density at radius 3 is 2.90 bits per heavy atom. The number of anilines is 1. The molecular formula is C5H9N3S2. The van der Waals surface area contributed by atoms with Crippen LogP contribution in [0.3, 0.4) is 0 Å². The minimum atomic E-state index is 0.802. The largest absolute Gasteiger partial charge is 0.360 e. The summed E-state index contributed by atoms with van der Waals surface area (Å²) in [4.78, 5) is 0. The van der Waals surface area contributed by atoms with Gasteiger partial charge in [-0.1, -0.05) is 11.3 Å². The van der Waals surface area contributed by atoms with Crippen molar-refractivity contribution in [2.24, 2.45) is 7.05 Å². The van der Waals surface area contributed by atoms with E-state index in [0.29, 0.717) is 0 Å². The van der Waals surface area contributed by atoms with E-state index in [1.807, 2.05) is 14.0 Å². The van der Waals surface area contributed by atoms with E-state index in [2.05, 4.69) is 10.4 Å². The maximum atomic E-state index is 4.97. The minimum absolute atomic E-state index is 0.802. The summed E-state index contributed by atoms with van der Waals surface area (Å²) in [6.07, 6.45) is 0. The molecule has 1 rings (SSSR count). The van der Waals surface area contributed by atoms with Crippen LogP contribution in [0.4, 0.5) is 5.13 Å². The first-order valence-corrected chi connectivity index (χ1v) is 4.24. The SMILES string of the molecule is CCNc1nn(C)c(=S)s1. The van der Waals surface area contributed by atoms with Gasteiger partial charge in [-0.05, 0) is 19.1 Å². The molecule has 1 aromatic heterocycles. The second kappa shape index (κ2) is 3.12. The lowest BCUT2D eigenvalue weighted by Crippen LogP contribution is -1.97. The lowest BCUT2D eigenvalue weighted by Gasteiger charge is -1.91. The van der Waals surface area contributed by atoms with Crippen molar-refractivity contribution in [2.45, 2.75) is 6.92 Å². The van der Waals surface area contributed by atoms with Gasteiger partial charge >= 0.3 is 0 Å². The molecule has 1 N–H and O–H groups in total. The van der Waals surface area contributed by atoms with Crippen molar-refractivity contribution in [3.8, 4) is 0 Å². The predicted octanol–water partition coefficient (Wildman–Crippen LogP) is 1.64. The Labute approximate surface area is 68.7 Å². The first-order chi connectivity index (χ1) is 4.74. The van der Waals surface area contributed by atoms with Crippen LogP contribution in [-0.2, 0) is 7.05 Å². The van der Waals surface area contributed by atoms with Gasteiger partial charge in [0.25, 0.3) is 0 Å². The van der Waals surface area contributed by atoms with E-state index in [-0.39, 0.29) is 0 Å². The van der Waals surface area contributed by atoms with Crippen LogP contribution in [0.25, 0.3) is 0 Å². The van der Waals surface area contributed by atoms with Gasteiger partial charge in [0.2, 0.25) is 5.13 Å². The van der Waals surface area contributed by atoms with Crippen molar-refractivity contribution in [3.05, 3.63) is 3.95 Å². The number of aromatic nitrogens is 2. The summed E-state index contributed by atoms with van der Waals surface area (Å²) in [5.41, 5.74) is 0. The molecule has 0 fully saturated rings. The molecule has 0 bridgehead atoms. The fourth-order valence-corrected chi connectivity index (χ4v) is 1.56. The molecule has 0 unspecified atom stereocenters. The topological polar surface area (TPSA) is 29.9 Å². The summed E-state index contributed by atoms with van der Waals surface area (Å²) >= 11 is 6.46. The maximum Gasteiger partial charge on any atom is 0.204 e. The van der Waals surface area contributed by atoms with E-state index in [0.717, 1.165) is 15.6 Å². The Bertz CT molecular complexity index is 262. The van der Waals surface area contributed by atoms with Gasteiger partial charge in [-0.15, -0.1) is 5.10 Å². The second-order valence-corrected chi connectivity index (χ2v) is 3.45. The molecule has 0 amide bonds. The highest BCUT2D eigenvalue weighted by Crippen LogP contribution is 2.11. The molecule has 0 spiro atoms. The first-order valence-electron chi connectivity index (χ1n) is 3.02. The third-order valence-corrected chi connectivity index (χ3v) is 2.39. The fourth-order valence-electron chi connectivity index (χ4n) is 0.569. The molecule has 0 aromatic carbocycles. The van der Waals surface area contributed by atoms with Gasteiger partial charge in [0.05, 0.1) is 0 Å². The molecule has 0 aliphatic rings. The van der Waals surface area contributed by atoms with Crippen molar-refractivity contribution in [2.75, 3.05) is 11.9 Å². The van der Waals surface area contributed by atoms with Crippen LogP contribution in [0.5, 0.6) is 0 Å². The third kappa shape index (κ3) is 1.54. The van der Waals surface area contributed by atoms with E-state index in [1.165, 1.54) is 11.3 Å². The normalized spacial score (nSPS) is 9.80. The number of hydrogen-bond donors (Lipinski definition) is 1. The van der Waals surface area contributed by atoms with E-state index in [1.54, 1.807) is 4.68 Å². The van der Waals surface area contributed by atoms with Crippen molar-refractivity contribution >= 4 is 28.7 Å². The fraction of sp³-hybridized carbons (Fsp3) is 0.600. The highest BCUT2D eigenvalue weighted by atomic mass is 32.1. The highest BCUT2D eigenvalue weighted by Gasteiger charge is 1.95. The average molecular weight is 175 g/mol. The minimum Gasteiger partial charge on any atom is -0.360 e. The van der Waals surface area contributed by atoms with Crippen LogP contribution in [-0.4, -0.2) is 16.3 Å². The summed E-state index contributed by atoms with van der Waals surface area (Å²) in [5.74, 6) is 0. The van der Waals surface area contributed by atoms with Gasteiger partial charge in [0.1, 0.15) is 0 Å². The van der Waals surface area contributed by atoms with Crippen LogP contribution in [0.1, 0.15) is 6.92 Å². The molecule has 0 aliphatic carbocycles. The number of nitrogens with zero attached hydrogens (tertiary/aromatic N) is 2. The summed E-state index contributed by atoms with van der Waals surface area (Å²) < 4.78 is 2.49. The highest BCUT2D eigenvalue weighted by molar-refractivity contribution is 7.73. The van der Waals surface area contributed by atoms with Gasteiger partial charge in [0, 0.05) is 13.6 Å². The second-order valence-electron chi connectivity index (χ2n) is 1.83. The first kappa shape index (κ1) is 7.68. The van der Waals surface area contributed by atoms with Gasteiger partial charge in [-0.2, -0.15) is 0 Å². The Hall–Kier alpha value is -0.420. The summed E-state index contributed by atoms with van der Waals surface area (Å²) in [6, 6.07) is 0. The van der Waals surface area contributed by atoms with Gasteiger partial charge in [-0.3, -0.25) is 0 Å². The summed E-state index contributed by atoms with van der Waals surface area (Å²) in [7, 11) is 1.85. The third-order valence-electron chi connectivity index (χ3n) is 1.02. The van der Waals surface area contributed by atoms with Gasteiger partial charge in [0.15, 0.2) is 3.95 Å². The lowest BCUT2D eigenvalue weighted by molar-refractivity contribution is 0.760. The number of rotatable bonds is 2. The Kier molecular flexibility index (Phi) is 2.39. The molecule has 10 heavy (non-hydrogen) atoms. The van der Waals surface area contributed by atoms with Crippen molar-refractivity contribution in [1.29, 1.82) is 0 Å². The maximum absolute atomic E-state index is 4.97.